The van der Waals surface area contributed by atoms with Crippen molar-refractivity contribution in [3.05, 3.63) is 51.7 Å². The lowest BCUT2D eigenvalue weighted by atomic mass is 9.97. The molecule has 15 nitrogen and oxygen atoms in total. The number of nitrogens with one attached hydrogen (secondary N) is 2. The minimum Gasteiger partial charge on any atom is -0.426 e. The summed E-state index contributed by atoms with van der Waals surface area (Å²) in [6.07, 6.45) is -3.04. The van der Waals surface area contributed by atoms with Gasteiger partial charge in [-0.2, -0.15) is 0 Å². The van der Waals surface area contributed by atoms with E-state index in [-0.39, 0.29) is 41.5 Å². The van der Waals surface area contributed by atoms with Crippen LogP contribution in [-0.2, 0) is 33.4 Å². The first-order chi connectivity index (χ1) is 21.4. The number of halogens is 1. The highest BCUT2D eigenvalue weighted by Gasteiger charge is 2.55. The molecule has 1 fully saturated rings. The van der Waals surface area contributed by atoms with Crippen molar-refractivity contribution in [2.45, 2.75) is 48.9 Å². The van der Waals surface area contributed by atoms with E-state index >= 15 is 0 Å². The van der Waals surface area contributed by atoms with Crippen LogP contribution in [0.3, 0.4) is 0 Å². The zero-order chi connectivity index (χ0) is 32.8. The number of aliphatic hydroxyl groups excluding tert-OH is 1. The summed E-state index contributed by atoms with van der Waals surface area (Å²) >= 11 is 4.01. The molecule has 4 rings (SSSR count). The molecule has 5 N–H and O–H groups in total. The van der Waals surface area contributed by atoms with E-state index in [4.69, 9.17) is 15.2 Å². The van der Waals surface area contributed by atoms with E-state index in [0.717, 1.165) is 11.9 Å². The number of nitrogens with zero attached hydrogens (tertiary/aromatic N) is 3. The van der Waals surface area contributed by atoms with Crippen molar-refractivity contribution in [3.63, 3.8) is 0 Å². The average molecular weight is 715 g/mol. The summed E-state index contributed by atoms with van der Waals surface area (Å²) in [7, 11) is 0. The van der Waals surface area contributed by atoms with Crippen LogP contribution in [0.2, 0.25) is 0 Å². The molecule has 0 bridgehead atoms. The Morgan fingerprint density at radius 1 is 1.20 bits per heavy atom. The van der Waals surface area contributed by atoms with Gasteiger partial charge in [-0.1, -0.05) is 47.4 Å². The number of benzene rings is 1. The standard InChI is InChI=1S/C27H30N6O9S3.ClH/c1-12-31-32-27(45-12)44-11-15-10-43-25-20(24(39)33(25)21(15)26(40)42-14(3)41-13(2)34)30-23(38)22(37)17-7-5-4-6-16(17)18(35)9-29-19(36)8-28;/h4-7,14,20,22,25,37H,8-11,28H2,1-3H3,(H,29,36)(H,30,38);1H/t14?,20?,22?,25-;/m0./s1. The third-order valence-electron chi connectivity index (χ3n) is 6.46. The molecule has 2 aromatic rings. The van der Waals surface area contributed by atoms with Crippen LogP contribution in [0.4, 0.5) is 0 Å². The highest BCUT2D eigenvalue weighted by molar-refractivity contribution is 8.01. The second-order valence-corrected chi connectivity index (χ2v) is 13.2. The fourth-order valence-electron chi connectivity index (χ4n) is 4.44. The number of aryl methyl sites for hydroxylation is 1. The normalized spacial score (nSPS) is 18.3. The third-order valence-corrected chi connectivity index (χ3v) is 9.85. The topological polar surface area (TPSA) is 220 Å². The van der Waals surface area contributed by atoms with Gasteiger partial charge in [0.05, 0.1) is 13.1 Å². The Morgan fingerprint density at radius 2 is 1.91 bits per heavy atom. The Labute approximate surface area is 281 Å². The first-order valence-corrected chi connectivity index (χ1v) is 16.3. The number of rotatable bonds is 13. The van der Waals surface area contributed by atoms with Gasteiger partial charge in [-0.05, 0) is 12.5 Å². The summed E-state index contributed by atoms with van der Waals surface area (Å²) < 4.78 is 10.9. The molecule has 3 heterocycles. The van der Waals surface area contributed by atoms with Crippen molar-refractivity contribution in [2.24, 2.45) is 5.73 Å². The summed E-state index contributed by atoms with van der Waals surface area (Å²) in [5.74, 6) is -3.62. The largest absolute Gasteiger partial charge is 0.426 e. The van der Waals surface area contributed by atoms with Crippen molar-refractivity contribution in [3.8, 4) is 0 Å². The summed E-state index contributed by atoms with van der Waals surface area (Å²) in [6, 6.07) is 4.75. The highest BCUT2D eigenvalue weighted by Crippen LogP contribution is 2.42. The predicted molar refractivity (Wildman–Crippen MR) is 170 cm³/mol. The van der Waals surface area contributed by atoms with Crippen LogP contribution in [0.5, 0.6) is 0 Å². The molecule has 0 aliphatic carbocycles. The van der Waals surface area contributed by atoms with Gasteiger partial charge in [-0.3, -0.25) is 28.9 Å². The fourth-order valence-corrected chi connectivity index (χ4v) is 7.74. The van der Waals surface area contributed by atoms with Gasteiger partial charge in [0, 0.05) is 36.5 Å². The molecule has 0 radical (unpaired) electrons. The first-order valence-electron chi connectivity index (χ1n) is 13.5. The molecule has 1 aromatic heterocycles. The SMILES string of the molecule is CC(=O)OC(C)OC(=O)C1=C(CSc2nnc(C)s2)CS[C@H]2C(NC(=O)C(O)c3ccccc3C(=O)CNC(=O)CN)C(=O)N12.Cl. The van der Waals surface area contributed by atoms with Gasteiger partial charge >= 0.3 is 11.9 Å². The van der Waals surface area contributed by atoms with Crippen LogP contribution in [0.15, 0.2) is 39.9 Å². The molecule has 2 aliphatic heterocycles. The van der Waals surface area contributed by atoms with Crippen LogP contribution in [0.25, 0.3) is 0 Å². The lowest BCUT2D eigenvalue weighted by molar-refractivity contribution is -0.182. The van der Waals surface area contributed by atoms with E-state index in [2.05, 4.69) is 20.8 Å². The smallest absolute Gasteiger partial charge is 0.358 e. The maximum atomic E-state index is 13.4. The molecule has 1 saturated heterocycles. The number of esters is 2. The fraction of sp³-hybridized carbons (Fsp3) is 0.407. The number of amides is 3. The van der Waals surface area contributed by atoms with Gasteiger partial charge in [0.25, 0.3) is 11.8 Å². The third kappa shape index (κ3) is 8.62. The Kier molecular flexibility index (Phi) is 13.1. The van der Waals surface area contributed by atoms with Gasteiger partial charge < -0.3 is 30.9 Å². The van der Waals surface area contributed by atoms with Gasteiger partial charge in [0.2, 0.25) is 12.2 Å². The number of thioether (sulfide) groups is 2. The number of aliphatic hydroxyl groups is 1. The van der Waals surface area contributed by atoms with E-state index in [9.17, 15) is 33.9 Å². The zero-order valence-corrected chi connectivity index (χ0v) is 28.0. The second-order valence-electron chi connectivity index (χ2n) is 9.70. The monoisotopic (exact) mass is 714 g/mol. The van der Waals surface area contributed by atoms with E-state index < -0.39 is 65.8 Å². The lowest BCUT2D eigenvalue weighted by Gasteiger charge is -2.50. The number of hydrogen-bond acceptors (Lipinski definition) is 15. The van der Waals surface area contributed by atoms with Gasteiger partial charge in [-0.15, -0.1) is 34.4 Å². The van der Waals surface area contributed by atoms with Gasteiger partial charge in [-0.25, -0.2) is 4.79 Å². The number of ketones is 1. The molecular formula is C27H31ClN6O9S3. The molecule has 0 spiro atoms. The van der Waals surface area contributed by atoms with Crippen molar-refractivity contribution in [2.75, 3.05) is 24.6 Å². The van der Waals surface area contributed by atoms with Gasteiger partial charge in [0.1, 0.15) is 22.1 Å². The van der Waals surface area contributed by atoms with E-state index in [1.807, 2.05) is 6.92 Å². The molecule has 248 valence electrons. The summed E-state index contributed by atoms with van der Waals surface area (Å²) in [4.78, 5) is 76.6. The van der Waals surface area contributed by atoms with E-state index in [1.165, 1.54) is 70.9 Å². The molecule has 2 aliphatic rings. The minimum atomic E-state index is -1.82. The Hall–Kier alpha value is -3.55. The Balaban J connectivity index is 0.00000576. The first kappa shape index (κ1) is 36.9. The number of β-lactam (4-membered cyclic amide) rings is 1. The molecule has 1 aromatic carbocycles. The number of carbonyl (C=O) groups excluding carboxylic acids is 6. The molecule has 3 amide bonds. The molecular weight excluding hydrogens is 684 g/mol. The van der Waals surface area contributed by atoms with E-state index in [1.54, 1.807) is 0 Å². The summed E-state index contributed by atoms with van der Waals surface area (Å²) in [6.45, 7) is 3.64. The zero-order valence-electron chi connectivity index (χ0n) is 24.7. The van der Waals surface area contributed by atoms with Crippen LogP contribution >= 0.6 is 47.3 Å². The lowest BCUT2D eigenvalue weighted by Crippen LogP contribution is -2.71. The van der Waals surface area contributed by atoms with Crippen molar-refractivity contribution < 1.29 is 43.3 Å². The molecule has 3 unspecified atom stereocenters. The number of ether oxygens (including phenoxy) is 2. The number of aromatic nitrogens is 2. The summed E-state index contributed by atoms with van der Waals surface area (Å²) in [5, 5.41) is 23.9. The van der Waals surface area contributed by atoms with Crippen LogP contribution in [0.1, 0.15) is 40.9 Å². The highest BCUT2D eigenvalue weighted by atomic mass is 35.5. The quantitative estimate of drug-likeness (QED) is 0.0728. The summed E-state index contributed by atoms with van der Waals surface area (Å²) in [5.41, 5.74) is 5.78. The van der Waals surface area contributed by atoms with Gasteiger partial charge in [0.15, 0.2) is 16.2 Å². The molecule has 0 saturated carbocycles. The number of carbonyl (C=O) groups is 6. The molecule has 4 atom stereocenters. The molecule has 19 heteroatoms. The average Bonchev–Trinajstić information content (AvgIpc) is 3.44. The maximum Gasteiger partial charge on any atom is 0.358 e. The predicted octanol–water partition coefficient (Wildman–Crippen LogP) is 0.458. The minimum absolute atomic E-state index is 0. The Bertz CT molecular complexity index is 1550. The number of Topliss-reactive ketones (excluding diaryl/α,β-unsaturated/α-hetero) is 1. The maximum absolute atomic E-state index is 13.4. The number of nitrogens with two attached hydrogens (primary N) is 1. The number of hydrogen-bond donors (Lipinski definition) is 4. The van der Waals surface area contributed by atoms with Crippen molar-refractivity contribution >= 4 is 82.7 Å². The number of fused-ring (bicyclic) bond motifs is 1. The Morgan fingerprint density at radius 3 is 2.57 bits per heavy atom. The van der Waals surface area contributed by atoms with E-state index in [0.29, 0.717) is 15.7 Å². The van der Waals surface area contributed by atoms with Crippen LogP contribution in [-0.4, -0.2) is 97.9 Å². The van der Waals surface area contributed by atoms with Crippen molar-refractivity contribution in [1.82, 2.24) is 25.7 Å². The molecule has 46 heavy (non-hydrogen) atoms. The van der Waals surface area contributed by atoms with Crippen LogP contribution in [0, 0.1) is 6.92 Å². The second kappa shape index (κ2) is 16.3. The van der Waals surface area contributed by atoms with Crippen molar-refractivity contribution in [1.29, 1.82) is 0 Å². The van der Waals surface area contributed by atoms with Crippen LogP contribution < -0.4 is 16.4 Å².